The van der Waals surface area contributed by atoms with Crippen molar-refractivity contribution in [2.75, 3.05) is 16.0 Å². The van der Waals surface area contributed by atoms with Crippen molar-refractivity contribution in [3.8, 4) is 0 Å². The Bertz CT molecular complexity index is 1030. The number of halogens is 2. The van der Waals surface area contributed by atoms with Crippen molar-refractivity contribution >= 4 is 63.0 Å². The fourth-order valence-corrected chi connectivity index (χ4v) is 3.47. The third kappa shape index (κ3) is 5.01. The van der Waals surface area contributed by atoms with E-state index in [0.29, 0.717) is 37.1 Å². The van der Waals surface area contributed by atoms with Gasteiger partial charge in [0, 0.05) is 11.4 Å². The van der Waals surface area contributed by atoms with Gasteiger partial charge in [-0.3, -0.25) is 10.1 Å². The first-order valence-electron chi connectivity index (χ1n) is 8.20. The fourth-order valence-electron chi connectivity index (χ4n) is 2.32. The number of thiazole rings is 1. The number of carbonyl (C=O) groups excluding carboxylic acids is 2. The lowest BCUT2D eigenvalue weighted by atomic mass is 10.2. The standard InChI is InChI=1S/C19H16Cl2N4O2S/c1-10-3-5-12(6-4-10)24-18(27)25-19-22-11(2)16(28-19)17(26)23-13-7-8-14(20)15(21)9-13/h3-9H,1-2H3,(H,23,26)(H2,22,24,25,27). The summed E-state index contributed by atoms with van der Waals surface area (Å²) in [6.07, 6.45) is 0. The molecule has 0 bridgehead atoms. The lowest BCUT2D eigenvalue weighted by Gasteiger charge is -2.06. The van der Waals surface area contributed by atoms with Gasteiger partial charge in [-0.1, -0.05) is 52.2 Å². The number of aromatic nitrogens is 1. The van der Waals surface area contributed by atoms with Crippen LogP contribution in [0.1, 0.15) is 20.9 Å². The molecule has 6 nitrogen and oxygen atoms in total. The predicted octanol–water partition coefficient (Wildman–Crippen LogP) is 5.96. The normalized spacial score (nSPS) is 10.4. The summed E-state index contributed by atoms with van der Waals surface area (Å²) in [5.41, 5.74) is 2.78. The van der Waals surface area contributed by atoms with E-state index in [2.05, 4.69) is 20.9 Å². The van der Waals surface area contributed by atoms with Crippen LogP contribution in [0, 0.1) is 13.8 Å². The van der Waals surface area contributed by atoms with Crippen LogP contribution in [0.4, 0.5) is 21.3 Å². The summed E-state index contributed by atoms with van der Waals surface area (Å²) >= 11 is 12.9. The maximum absolute atomic E-state index is 12.5. The molecule has 144 valence electrons. The summed E-state index contributed by atoms with van der Waals surface area (Å²) in [7, 11) is 0. The summed E-state index contributed by atoms with van der Waals surface area (Å²) in [4.78, 5) is 29.3. The minimum atomic E-state index is -0.436. The molecule has 1 aromatic heterocycles. The monoisotopic (exact) mass is 434 g/mol. The number of rotatable bonds is 4. The van der Waals surface area contributed by atoms with E-state index in [-0.39, 0.29) is 5.91 Å². The zero-order chi connectivity index (χ0) is 20.3. The minimum Gasteiger partial charge on any atom is -0.321 e. The maximum Gasteiger partial charge on any atom is 0.325 e. The Labute approximate surface area is 175 Å². The Kier molecular flexibility index (Phi) is 6.18. The van der Waals surface area contributed by atoms with Gasteiger partial charge in [-0.2, -0.15) is 0 Å². The predicted molar refractivity (Wildman–Crippen MR) is 115 cm³/mol. The first-order chi connectivity index (χ1) is 13.3. The molecule has 0 spiro atoms. The van der Waals surface area contributed by atoms with Crippen molar-refractivity contribution in [2.24, 2.45) is 0 Å². The average Bonchev–Trinajstić information content (AvgIpc) is 3.00. The van der Waals surface area contributed by atoms with Gasteiger partial charge in [-0.15, -0.1) is 0 Å². The molecule has 3 amide bonds. The van der Waals surface area contributed by atoms with E-state index in [4.69, 9.17) is 23.2 Å². The second kappa shape index (κ2) is 8.60. The third-order valence-corrected chi connectivity index (χ3v) is 5.52. The first kappa shape index (κ1) is 20.1. The van der Waals surface area contributed by atoms with E-state index in [1.54, 1.807) is 37.3 Å². The zero-order valence-corrected chi connectivity index (χ0v) is 17.3. The SMILES string of the molecule is Cc1ccc(NC(=O)Nc2nc(C)c(C(=O)Nc3ccc(Cl)c(Cl)c3)s2)cc1. The quantitative estimate of drug-likeness (QED) is 0.473. The molecule has 2 aromatic carbocycles. The minimum absolute atomic E-state index is 0.321. The Morgan fingerprint density at radius 3 is 2.25 bits per heavy atom. The first-order valence-corrected chi connectivity index (χ1v) is 9.77. The molecule has 3 aromatic rings. The van der Waals surface area contributed by atoms with E-state index in [1.165, 1.54) is 0 Å². The van der Waals surface area contributed by atoms with Gasteiger partial charge in [-0.25, -0.2) is 9.78 Å². The Morgan fingerprint density at radius 2 is 1.57 bits per heavy atom. The van der Waals surface area contributed by atoms with Crippen LogP contribution in [0.15, 0.2) is 42.5 Å². The van der Waals surface area contributed by atoms with E-state index >= 15 is 0 Å². The van der Waals surface area contributed by atoms with Crippen LogP contribution in [-0.4, -0.2) is 16.9 Å². The average molecular weight is 435 g/mol. The van der Waals surface area contributed by atoms with Crippen LogP contribution in [0.5, 0.6) is 0 Å². The molecule has 0 aliphatic heterocycles. The van der Waals surface area contributed by atoms with E-state index in [9.17, 15) is 9.59 Å². The van der Waals surface area contributed by atoms with Crippen LogP contribution in [0.2, 0.25) is 10.0 Å². The molecule has 0 saturated carbocycles. The molecule has 0 unspecified atom stereocenters. The zero-order valence-electron chi connectivity index (χ0n) is 15.0. The summed E-state index contributed by atoms with van der Waals surface area (Å²) in [6, 6.07) is 11.8. The molecule has 1 heterocycles. The number of carbonyl (C=O) groups is 2. The fraction of sp³-hybridized carbons (Fsp3) is 0.105. The number of hydrogen-bond acceptors (Lipinski definition) is 4. The van der Waals surface area contributed by atoms with Gasteiger partial charge in [0.15, 0.2) is 5.13 Å². The topological polar surface area (TPSA) is 83.1 Å². The molecule has 0 radical (unpaired) electrons. The molecule has 9 heteroatoms. The lowest BCUT2D eigenvalue weighted by molar-refractivity contribution is 0.103. The number of anilines is 3. The molecular weight excluding hydrogens is 419 g/mol. The van der Waals surface area contributed by atoms with Gasteiger partial charge in [0.25, 0.3) is 5.91 Å². The third-order valence-electron chi connectivity index (χ3n) is 3.71. The Balaban J connectivity index is 1.66. The van der Waals surface area contributed by atoms with Crippen molar-refractivity contribution in [1.82, 2.24) is 4.98 Å². The van der Waals surface area contributed by atoms with Crippen molar-refractivity contribution in [3.63, 3.8) is 0 Å². The highest BCUT2D eigenvalue weighted by molar-refractivity contribution is 7.17. The van der Waals surface area contributed by atoms with Crippen LogP contribution in [0.25, 0.3) is 0 Å². The molecule has 0 saturated heterocycles. The van der Waals surface area contributed by atoms with Crippen LogP contribution >= 0.6 is 34.5 Å². The van der Waals surface area contributed by atoms with E-state index < -0.39 is 6.03 Å². The number of hydrogen-bond donors (Lipinski definition) is 3. The lowest BCUT2D eigenvalue weighted by Crippen LogP contribution is -2.19. The molecule has 0 aliphatic carbocycles. The summed E-state index contributed by atoms with van der Waals surface area (Å²) in [5, 5.41) is 9.16. The number of nitrogens with zero attached hydrogens (tertiary/aromatic N) is 1. The number of nitrogens with one attached hydrogen (secondary N) is 3. The van der Waals surface area contributed by atoms with Crippen LogP contribution in [-0.2, 0) is 0 Å². The Hall–Kier alpha value is -2.61. The molecule has 0 fully saturated rings. The molecule has 0 atom stereocenters. The van der Waals surface area contributed by atoms with Crippen molar-refractivity contribution < 1.29 is 9.59 Å². The van der Waals surface area contributed by atoms with Crippen LogP contribution in [0.3, 0.4) is 0 Å². The summed E-state index contributed by atoms with van der Waals surface area (Å²) in [5.74, 6) is -0.347. The highest BCUT2D eigenvalue weighted by atomic mass is 35.5. The number of urea groups is 1. The molecular formula is C19H16Cl2N4O2S. The van der Waals surface area contributed by atoms with Gasteiger partial charge < -0.3 is 10.6 Å². The number of aryl methyl sites for hydroxylation is 2. The van der Waals surface area contributed by atoms with Crippen LogP contribution < -0.4 is 16.0 Å². The van der Waals surface area contributed by atoms with Gasteiger partial charge >= 0.3 is 6.03 Å². The van der Waals surface area contributed by atoms with Crippen molar-refractivity contribution in [2.45, 2.75) is 13.8 Å². The van der Waals surface area contributed by atoms with Crippen molar-refractivity contribution in [1.29, 1.82) is 0 Å². The highest BCUT2D eigenvalue weighted by Crippen LogP contribution is 2.27. The van der Waals surface area contributed by atoms with Gasteiger partial charge in [0.05, 0.1) is 15.7 Å². The molecule has 28 heavy (non-hydrogen) atoms. The highest BCUT2D eigenvalue weighted by Gasteiger charge is 2.17. The second-order valence-corrected chi connectivity index (χ2v) is 7.78. The maximum atomic E-state index is 12.5. The van der Waals surface area contributed by atoms with Gasteiger partial charge in [0.2, 0.25) is 0 Å². The second-order valence-electron chi connectivity index (χ2n) is 5.96. The van der Waals surface area contributed by atoms with Crippen molar-refractivity contribution in [3.05, 3.63) is 68.6 Å². The molecule has 0 aliphatic rings. The van der Waals surface area contributed by atoms with E-state index in [0.717, 1.165) is 16.9 Å². The number of amides is 3. The molecule has 3 rings (SSSR count). The summed E-state index contributed by atoms with van der Waals surface area (Å²) < 4.78 is 0. The molecule has 3 N–H and O–H groups in total. The number of benzene rings is 2. The Morgan fingerprint density at radius 1 is 0.893 bits per heavy atom. The van der Waals surface area contributed by atoms with Gasteiger partial charge in [-0.05, 0) is 44.2 Å². The summed E-state index contributed by atoms with van der Waals surface area (Å²) in [6.45, 7) is 3.66. The van der Waals surface area contributed by atoms with Gasteiger partial charge in [0.1, 0.15) is 4.88 Å². The van der Waals surface area contributed by atoms with E-state index in [1.807, 2.05) is 19.1 Å². The smallest absolute Gasteiger partial charge is 0.321 e. The largest absolute Gasteiger partial charge is 0.325 e.